The molecular formula is C14H17N3O. The molecule has 0 radical (unpaired) electrons. The van der Waals surface area contributed by atoms with E-state index < -0.39 is 0 Å². The Morgan fingerprint density at radius 2 is 1.94 bits per heavy atom. The van der Waals surface area contributed by atoms with Gasteiger partial charge in [-0.25, -0.2) is 9.97 Å². The van der Waals surface area contributed by atoms with Crippen molar-refractivity contribution in [2.24, 2.45) is 0 Å². The summed E-state index contributed by atoms with van der Waals surface area (Å²) in [4.78, 5) is 10.6. The average Bonchev–Trinajstić information content (AvgIpc) is 2.39. The maximum absolute atomic E-state index is 5.21. The van der Waals surface area contributed by atoms with Gasteiger partial charge >= 0.3 is 0 Å². The molecule has 0 amide bonds. The summed E-state index contributed by atoms with van der Waals surface area (Å²) in [5.41, 5.74) is 2.23. The van der Waals surface area contributed by atoms with Crippen LogP contribution in [0, 0.1) is 6.92 Å². The molecule has 0 N–H and O–H groups in total. The molecule has 0 saturated heterocycles. The van der Waals surface area contributed by atoms with E-state index in [0.29, 0.717) is 0 Å². The van der Waals surface area contributed by atoms with Crippen molar-refractivity contribution in [1.29, 1.82) is 0 Å². The van der Waals surface area contributed by atoms with Crippen LogP contribution < -0.4 is 9.64 Å². The molecule has 1 aromatic carbocycles. The second-order valence-electron chi connectivity index (χ2n) is 4.27. The van der Waals surface area contributed by atoms with Gasteiger partial charge in [0.1, 0.15) is 5.75 Å². The predicted octanol–water partition coefficient (Wildman–Crippen LogP) is 2.43. The molecule has 0 aliphatic rings. The Hall–Kier alpha value is -2.10. The maximum Gasteiger partial charge on any atom is 0.225 e. The molecule has 18 heavy (non-hydrogen) atoms. The van der Waals surface area contributed by atoms with Crippen molar-refractivity contribution in [1.82, 2.24) is 9.97 Å². The van der Waals surface area contributed by atoms with E-state index in [0.717, 1.165) is 23.8 Å². The molecule has 0 atom stereocenters. The van der Waals surface area contributed by atoms with Crippen LogP contribution in [0.3, 0.4) is 0 Å². The van der Waals surface area contributed by atoms with Crippen LogP contribution in [0.5, 0.6) is 5.75 Å². The summed E-state index contributed by atoms with van der Waals surface area (Å²) in [6.45, 7) is 2.73. The smallest absolute Gasteiger partial charge is 0.225 e. The van der Waals surface area contributed by atoms with Crippen molar-refractivity contribution in [3.63, 3.8) is 0 Å². The minimum Gasteiger partial charge on any atom is -0.497 e. The zero-order chi connectivity index (χ0) is 13.0. The van der Waals surface area contributed by atoms with E-state index in [9.17, 15) is 0 Å². The molecule has 94 valence electrons. The van der Waals surface area contributed by atoms with Gasteiger partial charge in [0.15, 0.2) is 0 Å². The van der Waals surface area contributed by atoms with Gasteiger partial charge in [0.2, 0.25) is 5.95 Å². The minimum atomic E-state index is 0.725. The summed E-state index contributed by atoms with van der Waals surface area (Å²) < 4.78 is 5.21. The number of aromatic nitrogens is 2. The number of hydrogen-bond donors (Lipinski definition) is 0. The number of aryl methyl sites for hydroxylation is 1. The Kier molecular flexibility index (Phi) is 3.77. The van der Waals surface area contributed by atoms with Crippen LogP contribution in [0.15, 0.2) is 36.7 Å². The lowest BCUT2D eigenvalue weighted by atomic mass is 10.2. The lowest BCUT2D eigenvalue weighted by molar-refractivity contribution is 0.414. The van der Waals surface area contributed by atoms with E-state index in [1.807, 2.05) is 49.5 Å². The van der Waals surface area contributed by atoms with E-state index in [-0.39, 0.29) is 0 Å². The third-order valence-electron chi connectivity index (χ3n) is 2.66. The highest BCUT2D eigenvalue weighted by Crippen LogP contribution is 2.15. The third-order valence-corrected chi connectivity index (χ3v) is 2.66. The van der Waals surface area contributed by atoms with Crippen LogP contribution in [0.2, 0.25) is 0 Å². The molecule has 2 aromatic rings. The highest BCUT2D eigenvalue weighted by Gasteiger charge is 2.05. The maximum atomic E-state index is 5.21. The fourth-order valence-corrected chi connectivity index (χ4v) is 1.70. The largest absolute Gasteiger partial charge is 0.497 e. The average molecular weight is 243 g/mol. The number of anilines is 1. The van der Waals surface area contributed by atoms with Gasteiger partial charge in [0.05, 0.1) is 7.11 Å². The standard InChI is InChI=1S/C14H17N3O/c1-11-8-15-14(16-9-11)17(2)10-12-5-4-6-13(7-12)18-3/h4-9H,10H2,1-3H3. The SMILES string of the molecule is COc1cccc(CN(C)c2ncc(C)cn2)c1. The molecule has 0 saturated carbocycles. The van der Waals surface area contributed by atoms with Crippen LogP contribution in [-0.2, 0) is 6.54 Å². The van der Waals surface area contributed by atoms with Crippen LogP contribution in [-0.4, -0.2) is 24.1 Å². The zero-order valence-corrected chi connectivity index (χ0v) is 10.9. The van der Waals surface area contributed by atoms with Crippen LogP contribution >= 0.6 is 0 Å². The van der Waals surface area contributed by atoms with E-state index >= 15 is 0 Å². The molecule has 0 spiro atoms. The van der Waals surface area contributed by atoms with Crippen molar-refractivity contribution in [2.75, 3.05) is 19.1 Å². The van der Waals surface area contributed by atoms with Crippen molar-refractivity contribution in [2.45, 2.75) is 13.5 Å². The first-order valence-electron chi connectivity index (χ1n) is 5.82. The Balaban J connectivity index is 2.10. The van der Waals surface area contributed by atoms with Gasteiger partial charge in [-0.1, -0.05) is 12.1 Å². The minimum absolute atomic E-state index is 0.725. The highest BCUT2D eigenvalue weighted by atomic mass is 16.5. The van der Waals surface area contributed by atoms with Crippen molar-refractivity contribution < 1.29 is 4.74 Å². The van der Waals surface area contributed by atoms with Gasteiger partial charge in [-0.05, 0) is 30.2 Å². The van der Waals surface area contributed by atoms with Crippen LogP contribution in [0.1, 0.15) is 11.1 Å². The van der Waals surface area contributed by atoms with Crippen LogP contribution in [0.25, 0.3) is 0 Å². The number of benzene rings is 1. The summed E-state index contributed by atoms with van der Waals surface area (Å²) in [7, 11) is 3.65. The lowest BCUT2D eigenvalue weighted by Gasteiger charge is -2.17. The fraction of sp³-hybridized carbons (Fsp3) is 0.286. The third kappa shape index (κ3) is 2.97. The summed E-state index contributed by atoms with van der Waals surface area (Å²) in [5, 5.41) is 0. The van der Waals surface area contributed by atoms with Gasteiger partial charge in [-0.15, -0.1) is 0 Å². The molecular weight excluding hydrogens is 226 g/mol. The molecule has 2 rings (SSSR count). The van der Waals surface area contributed by atoms with E-state index in [1.165, 1.54) is 5.56 Å². The Morgan fingerprint density at radius 1 is 1.22 bits per heavy atom. The number of nitrogens with zero attached hydrogens (tertiary/aromatic N) is 3. The van der Waals surface area contributed by atoms with Crippen LogP contribution in [0.4, 0.5) is 5.95 Å². The number of methoxy groups -OCH3 is 1. The summed E-state index contributed by atoms with van der Waals surface area (Å²) >= 11 is 0. The highest BCUT2D eigenvalue weighted by molar-refractivity contribution is 5.34. The van der Waals surface area contributed by atoms with E-state index in [4.69, 9.17) is 4.74 Å². The topological polar surface area (TPSA) is 38.2 Å². The van der Waals surface area contributed by atoms with Gasteiger partial charge in [0.25, 0.3) is 0 Å². The van der Waals surface area contributed by atoms with Gasteiger partial charge in [0, 0.05) is 26.0 Å². The predicted molar refractivity (Wildman–Crippen MR) is 71.9 cm³/mol. The molecule has 1 heterocycles. The normalized spacial score (nSPS) is 10.2. The van der Waals surface area contributed by atoms with Gasteiger partial charge in [-0.3, -0.25) is 0 Å². The molecule has 0 aliphatic heterocycles. The van der Waals surface area contributed by atoms with Crippen molar-refractivity contribution in [3.8, 4) is 5.75 Å². The van der Waals surface area contributed by atoms with E-state index in [1.54, 1.807) is 7.11 Å². The Labute approximate surface area is 107 Å². The Bertz CT molecular complexity index is 511. The van der Waals surface area contributed by atoms with Crippen molar-refractivity contribution in [3.05, 3.63) is 47.8 Å². The summed E-state index contributed by atoms with van der Waals surface area (Å²) in [5.74, 6) is 1.59. The van der Waals surface area contributed by atoms with E-state index in [2.05, 4.69) is 16.0 Å². The molecule has 1 aromatic heterocycles. The van der Waals surface area contributed by atoms with Crippen molar-refractivity contribution >= 4 is 5.95 Å². The molecule has 4 heteroatoms. The van der Waals surface area contributed by atoms with Gasteiger partial charge < -0.3 is 9.64 Å². The van der Waals surface area contributed by atoms with Gasteiger partial charge in [-0.2, -0.15) is 0 Å². The first-order chi connectivity index (χ1) is 8.69. The lowest BCUT2D eigenvalue weighted by Crippen LogP contribution is -2.18. The quantitative estimate of drug-likeness (QED) is 0.826. The first kappa shape index (κ1) is 12.4. The summed E-state index contributed by atoms with van der Waals surface area (Å²) in [6, 6.07) is 8.00. The fourth-order valence-electron chi connectivity index (χ4n) is 1.70. The number of hydrogen-bond acceptors (Lipinski definition) is 4. The monoisotopic (exact) mass is 243 g/mol. The summed E-state index contributed by atoms with van der Waals surface area (Å²) in [6.07, 6.45) is 3.65. The zero-order valence-electron chi connectivity index (χ0n) is 10.9. The second-order valence-corrected chi connectivity index (χ2v) is 4.27. The molecule has 4 nitrogen and oxygen atoms in total. The first-order valence-corrected chi connectivity index (χ1v) is 5.82. The molecule has 0 bridgehead atoms. The number of rotatable bonds is 4. The molecule has 0 fully saturated rings. The Morgan fingerprint density at radius 3 is 2.61 bits per heavy atom. The molecule has 0 unspecified atom stereocenters. The number of ether oxygens (including phenoxy) is 1. The second kappa shape index (κ2) is 5.49. The molecule has 0 aliphatic carbocycles.